The van der Waals surface area contributed by atoms with Gasteiger partial charge in [0, 0.05) is 30.1 Å². The third-order valence-corrected chi connectivity index (χ3v) is 5.48. The van der Waals surface area contributed by atoms with Gasteiger partial charge in [-0.2, -0.15) is 0 Å². The highest BCUT2D eigenvalue weighted by Gasteiger charge is 2.22. The van der Waals surface area contributed by atoms with E-state index in [0.29, 0.717) is 11.5 Å². The molecule has 3 aromatic rings. The number of amides is 1. The number of aromatic nitrogens is 3. The van der Waals surface area contributed by atoms with E-state index in [2.05, 4.69) is 20.1 Å². The SMILES string of the molecule is COc1ccc(OC)c(CC(=O)NC2CCc3nnc(-c4ccccc4)n3CC2)c1. The maximum Gasteiger partial charge on any atom is 0.224 e. The summed E-state index contributed by atoms with van der Waals surface area (Å²) in [5, 5.41) is 12.0. The second-order valence-corrected chi connectivity index (χ2v) is 7.40. The molecule has 0 spiro atoms. The number of hydrogen-bond acceptors (Lipinski definition) is 5. The first kappa shape index (κ1) is 19.9. The molecule has 0 saturated heterocycles. The Morgan fingerprint density at radius 2 is 1.93 bits per heavy atom. The molecule has 1 aromatic heterocycles. The van der Waals surface area contributed by atoms with Crippen molar-refractivity contribution in [3.05, 3.63) is 59.9 Å². The van der Waals surface area contributed by atoms with E-state index in [1.54, 1.807) is 14.2 Å². The number of hydrogen-bond donors (Lipinski definition) is 1. The predicted molar refractivity (Wildman–Crippen MR) is 114 cm³/mol. The zero-order chi connectivity index (χ0) is 20.9. The number of fused-ring (bicyclic) bond motifs is 1. The first-order valence-corrected chi connectivity index (χ1v) is 10.2. The number of nitrogens with one attached hydrogen (secondary N) is 1. The Kier molecular flexibility index (Phi) is 5.97. The van der Waals surface area contributed by atoms with Crippen LogP contribution in [0.2, 0.25) is 0 Å². The standard InChI is InChI=1S/C23H26N4O3/c1-29-19-9-10-20(30-2)17(14-19)15-22(28)24-18-8-11-21-25-26-23(27(21)13-12-18)16-6-4-3-5-7-16/h3-7,9-10,14,18H,8,11-13,15H2,1-2H3,(H,24,28). The van der Waals surface area contributed by atoms with E-state index in [1.165, 1.54) is 0 Å². The van der Waals surface area contributed by atoms with E-state index in [9.17, 15) is 4.79 Å². The van der Waals surface area contributed by atoms with E-state index >= 15 is 0 Å². The fourth-order valence-corrected chi connectivity index (χ4v) is 3.90. The van der Waals surface area contributed by atoms with Crippen LogP contribution in [0.15, 0.2) is 48.5 Å². The van der Waals surface area contributed by atoms with Gasteiger partial charge in [0.05, 0.1) is 20.6 Å². The molecule has 2 heterocycles. The lowest BCUT2D eigenvalue weighted by atomic mass is 10.1. The van der Waals surface area contributed by atoms with Crippen molar-refractivity contribution in [1.82, 2.24) is 20.1 Å². The summed E-state index contributed by atoms with van der Waals surface area (Å²) in [5.41, 5.74) is 1.87. The maximum absolute atomic E-state index is 12.7. The van der Waals surface area contributed by atoms with Crippen molar-refractivity contribution in [1.29, 1.82) is 0 Å². The van der Waals surface area contributed by atoms with Gasteiger partial charge in [-0.3, -0.25) is 4.79 Å². The Morgan fingerprint density at radius 3 is 2.70 bits per heavy atom. The smallest absolute Gasteiger partial charge is 0.224 e. The van der Waals surface area contributed by atoms with E-state index < -0.39 is 0 Å². The van der Waals surface area contributed by atoms with Crippen molar-refractivity contribution in [2.45, 2.75) is 38.3 Å². The summed E-state index contributed by atoms with van der Waals surface area (Å²) >= 11 is 0. The third kappa shape index (κ3) is 4.30. The molecule has 7 nitrogen and oxygen atoms in total. The number of aryl methyl sites for hydroxylation is 1. The van der Waals surface area contributed by atoms with Gasteiger partial charge in [-0.15, -0.1) is 10.2 Å². The lowest BCUT2D eigenvalue weighted by Gasteiger charge is -2.17. The molecule has 1 aliphatic heterocycles. The second-order valence-electron chi connectivity index (χ2n) is 7.40. The van der Waals surface area contributed by atoms with E-state index in [1.807, 2.05) is 48.5 Å². The molecular formula is C23H26N4O3. The van der Waals surface area contributed by atoms with Crippen molar-refractivity contribution >= 4 is 5.91 Å². The van der Waals surface area contributed by atoms with Crippen molar-refractivity contribution in [2.24, 2.45) is 0 Å². The molecule has 156 valence electrons. The van der Waals surface area contributed by atoms with Gasteiger partial charge in [-0.05, 0) is 31.0 Å². The average molecular weight is 406 g/mol. The van der Waals surface area contributed by atoms with Crippen LogP contribution in [0.1, 0.15) is 24.2 Å². The molecule has 0 bridgehead atoms. The van der Waals surface area contributed by atoms with Crippen molar-refractivity contribution in [2.75, 3.05) is 14.2 Å². The minimum Gasteiger partial charge on any atom is -0.497 e. The van der Waals surface area contributed by atoms with Crippen LogP contribution in [0.25, 0.3) is 11.4 Å². The number of carbonyl (C=O) groups excluding carboxylic acids is 1. The Hall–Kier alpha value is -3.35. The highest BCUT2D eigenvalue weighted by Crippen LogP contribution is 2.25. The molecule has 1 unspecified atom stereocenters. The number of rotatable bonds is 6. The highest BCUT2D eigenvalue weighted by molar-refractivity contribution is 5.79. The minimum atomic E-state index is -0.0208. The lowest BCUT2D eigenvalue weighted by Crippen LogP contribution is -2.36. The molecule has 0 aliphatic carbocycles. The van der Waals surface area contributed by atoms with Gasteiger partial charge in [0.25, 0.3) is 0 Å². The third-order valence-electron chi connectivity index (χ3n) is 5.48. The molecule has 0 saturated carbocycles. The summed E-state index contributed by atoms with van der Waals surface area (Å²) in [4.78, 5) is 12.7. The summed E-state index contributed by atoms with van der Waals surface area (Å²) in [6.07, 6.45) is 2.71. The normalized spacial score (nSPS) is 15.7. The number of benzene rings is 2. The minimum absolute atomic E-state index is 0.0208. The van der Waals surface area contributed by atoms with Crippen LogP contribution in [0, 0.1) is 0 Å². The first-order chi connectivity index (χ1) is 14.7. The molecule has 30 heavy (non-hydrogen) atoms. The largest absolute Gasteiger partial charge is 0.497 e. The van der Waals surface area contributed by atoms with Crippen LogP contribution in [0.5, 0.6) is 11.5 Å². The quantitative estimate of drug-likeness (QED) is 0.681. The van der Waals surface area contributed by atoms with Gasteiger partial charge in [0.2, 0.25) is 5.91 Å². The first-order valence-electron chi connectivity index (χ1n) is 10.2. The molecule has 1 aliphatic rings. The fraction of sp³-hybridized carbons (Fsp3) is 0.348. The molecule has 1 N–H and O–H groups in total. The maximum atomic E-state index is 12.7. The Bertz CT molecular complexity index is 1020. The van der Waals surface area contributed by atoms with Crippen LogP contribution >= 0.6 is 0 Å². The summed E-state index contributed by atoms with van der Waals surface area (Å²) in [6.45, 7) is 0.778. The molecule has 1 amide bonds. The van der Waals surface area contributed by atoms with Gasteiger partial charge >= 0.3 is 0 Å². The number of carbonyl (C=O) groups is 1. The predicted octanol–water partition coefficient (Wildman–Crippen LogP) is 3.03. The molecule has 2 aromatic carbocycles. The van der Waals surface area contributed by atoms with Gasteiger partial charge < -0.3 is 19.4 Å². The zero-order valence-electron chi connectivity index (χ0n) is 17.3. The summed E-state index contributed by atoms with van der Waals surface area (Å²) in [6, 6.07) is 15.7. The van der Waals surface area contributed by atoms with Crippen LogP contribution in [-0.4, -0.2) is 40.9 Å². The lowest BCUT2D eigenvalue weighted by molar-refractivity contribution is -0.121. The van der Waals surface area contributed by atoms with E-state index in [0.717, 1.165) is 48.6 Å². The molecule has 0 fully saturated rings. The van der Waals surface area contributed by atoms with Crippen LogP contribution in [0.3, 0.4) is 0 Å². The van der Waals surface area contributed by atoms with Gasteiger partial charge in [0.1, 0.15) is 17.3 Å². The Morgan fingerprint density at radius 1 is 1.10 bits per heavy atom. The highest BCUT2D eigenvalue weighted by atomic mass is 16.5. The molecule has 1 atom stereocenters. The number of nitrogens with zero attached hydrogens (tertiary/aromatic N) is 3. The molecule has 0 radical (unpaired) electrons. The van der Waals surface area contributed by atoms with Crippen LogP contribution in [-0.2, 0) is 24.2 Å². The topological polar surface area (TPSA) is 78.3 Å². The summed E-state index contributed by atoms with van der Waals surface area (Å²) in [7, 11) is 3.22. The average Bonchev–Trinajstić information content (AvgIpc) is 3.08. The van der Waals surface area contributed by atoms with Crippen molar-refractivity contribution < 1.29 is 14.3 Å². The van der Waals surface area contributed by atoms with Crippen LogP contribution < -0.4 is 14.8 Å². The summed E-state index contributed by atoms with van der Waals surface area (Å²) < 4.78 is 12.8. The second kappa shape index (κ2) is 8.98. The van der Waals surface area contributed by atoms with Crippen molar-refractivity contribution in [3.63, 3.8) is 0 Å². The zero-order valence-corrected chi connectivity index (χ0v) is 17.3. The fourth-order valence-electron chi connectivity index (χ4n) is 3.90. The molecule has 4 rings (SSSR count). The Labute approximate surface area is 176 Å². The molecular weight excluding hydrogens is 380 g/mol. The van der Waals surface area contributed by atoms with Gasteiger partial charge in [0.15, 0.2) is 5.82 Å². The Balaban J connectivity index is 1.41. The van der Waals surface area contributed by atoms with E-state index in [4.69, 9.17) is 9.47 Å². The van der Waals surface area contributed by atoms with Crippen LogP contribution in [0.4, 0.5) is 0 Å². The molecule has 7 heteroatoms. The van der Waals surface area contributed by atoms with E-state index in [-0.39, 0.29) is 18.4 Å². The van der Waals surface area contributed by atoms with Crippen molar-refractivity contribution in [3.8, 4) is 22.9 Å². The van der Waals surface area contributed by atoms with Gasteiger partial charge in [-0.1, -0.05) is 30.3 Å². The van der Waals surface area contributed by atoms with Gasteiger partial charge in [-0.25, -0.2) is 0 Å². The number of ether oxygens (including phenoxy) is 2. The monoisotopic (exact) mass is 406 g/mol. The summed E-state index contributed by atoms with van der Waals surface area (Å²) in [5.74, 6) is 3.23. The number of methoxy groups -OCH3 is 2.